The summed E-state index contributed by atoms with van der Waals surface area (Å²) in [4.78, 5) is 0. The molecule has 1 aromatic carbocycles. The predicted molar refractivity (Wildman–Crippen MR) is 123 cm³/mol. The lowest BCUT2D eigenvalue weighted by Gasteiger charge is -2.15. The fourth-order valence-electron chi connectivity index (χ4n) is 3.63. The van der Waals surface area contributed by atoms with Gasteiger partial charge in [0.2, 0.25) is 0 Å². The molecule has 3 rings (SSSR count). The van der Waals surface area contributed by atoms with E-state index in [1.807, 2.05) is 27.7 Å². The average molecular weight is 355 g/mol. The summed E-state index contributed by atoms with van der Waals surface area (Å²) in [5.74, 6) is 1.64. The van der Waals surface area contributed by atoms with E-state index in [0.717, 1.165) is 11.8 Å². The second kappa shape index (κ2) is 11.9. The Bertz CT molecular complexity index is 611. The first-order valence-electron chi connectivity index (χ1n) is 10.5. The largest absolute Gasteiger partial charge is 0.106 e. The van der Waals surface area contributed by atoms with Gasteiger partial charge in [0.15, 0.2) is 0 Å². The summed E-state index contributed by atoms with van der Waals surface area (Å²) in [6, 6.07) is 2.42. The number of fused-ring (bicyclic) bond motifs is 1. The van der Waals surface area contributed by atoms with Crippen molar-refractivity contribution in [3.8, 4) is 0 Å². The second-order valence-corrected chi connectivity index (χ2v) is 7.06. The van der Waals surface area contributed by atoms with Crippen LogP contribution in [0.4, 0.5) is 0 Å². The van der Waals surface area contributed by atoms with Gasteiger partial charge in [-0.2, -0.15) is 0 Å². The second-order valence-electron chi connectivity index (χ2n) is 7.06. The van der Waals surface area contributed by atoms with Gasteiger partial charge in [0, 0.05) is 0 Å². The zero-order valence-electron chi connectivity index (χ0n) is 18.8. The SMILES string of the molecule is C=C.C=C(C)c1cc2c(c(C)c1/C=C(\C)C1CC1)CC(C)C2.CC.CC. The van der Waals surface area contributed by atoms with Gasteiger partial charge in [0.05, 0.1) is 0 Å². The molecule has 1 unspecified atom stereocenters. The third-order valence-electron chi connectivity index (χ3n) is 5.03. The van der Waals surface area contributed by atoms with Gasteiger partial charge in [-0.25, -0.2) is 0 Å². The fraction of sp³-hybridized carbons (Fsp3) is 0.538. The van der Waals surface area contributed by atoms with Crippen molar-refractivity contribution < 1.29 is 0 Å². The number of benzene rings is 1. The fourth-order valence-corrected chi connectivity index (χ4v) is 3.63. The van der Waals surface area contributed by atoms with E-state index in [1.165, 1.54) is 47.9 Å². The number of rotatable bonds is 3. The number of hydrogen-bond acceptors (Lipinski definition) is 0. The normalized spacial score (nSPS) is 17.5. The Morgan fingerprint density at radius 2 is 1.58 bits per heavy atom. The molecule has 0 radical (unpaired) electrons. The van der Waals surface area contributed by atoms with Crippen LogP contribution in [0.1, 0.15) is 89.1 Å². The van der Waals surface area contributed by atoms with Crippen molar-refractivity contribution in [2.75, 3.05) is 0 Å². The van der Waals surface area contributed by atoms with Crippen LogP contribution in [0.15, 0.2) is 31.4 Å². The van der Waals surface area contributed by atoms with E-state index in [2.05, 4.69) is 59.6 Å². The van der Waals surface area contributed by atoms with Crippen molar-refractivity contribution in [1.29, 1.82) is 0 Å². The molecule has 0 heteroatoms. The molecule has 0 spiro atoms. The first kappa shape index (κ1) is 24.4. The maximum absolute atomic E-state index is 4.21. The summed E-state index contributed by atoms with van der Waals surface area (Å²) in [7, 11) is 0. The van der Waals surface area contributed by atoms with Crippen molar-refractivity contribution >= 4 is 11.6 Å². The molecule has 0 bridgehead atoms. The highest BCUT2D eigenvalue weighted by Crippen LogP contribution is 2.40. The molecule has 26 heavy (non-hydrogen) atoms. The first-order valence-corrected chi connectivity index (χ1v) is 10.5. The summed E-state index contributed by atoms with van der Waals surface area (Å²) in [5, 5.41) is 0. The van der Waals surface area contributed by atoms with Crippen LogP contribution >= 0.6 is 0 Å². The molecule has 1 saturated carbocycles. The van der Waals surface area contributed by atoms with Crippen LogP contribution in [0.25, 0.3) is 11.6 Å². The summed E-state index contributed by atoms with van der Waals surface area (Å²) in [6.07, 6.45) is 7.70. The maximum atomic E-state index is 4.21. The lowest BCUT2D eigenvalue weighted by atomic mass is 9.89. The van der Waals surface area contributed by atoms with Crippen molar-refractivity contribution in [3.63, 3.8) is 0 Å². The monoisotopic (exact) mass is 354 g/mol. The van der Waals surface area contributed by atoms with Crippen molar-refractivity contribution in [2.45, 2.75) is 81.1 Å². The third kappa shape index (κ3) is 6.01. The molecule has 1 atom stereocenters. The van der Waals surface area contributed by atoms with Gasteiger partial charge >= 0.3 is 0 Å². The molecule has 146 valence electrons. The van der Waals surface area contributed by atoms with Crippen LogP contribution in [-0.4, -0.2) is 0 Å². The zero-order chi connectivity index (χ0) is 20.4. The predicted octanol–water partition coefficient (Wildman–Crippen LogP) is 8.43. The molecule has 0 nitrogen and oxygen atoms in total. The van der Waals surface area contributed by atoms with E-state index in [-0.39, 0.29) is 0 Å². The van der Waals surface area contributed by atoms with Crippen LogP contribution in [0.3, 0.4) is 0 Å². The van der Waals surface area contributed by atoms with Gasteiger partial charge in [-0.3, -0.25) is 0 Å². The van der Waals surface area contributed by atoms with Crippen LogP contribution in [-0.2, 0) is 12.8 Å². The Kier molecular flexibility index (Phi) is 11.2. The minimum atomic E-state index is 0.797. The summed E-state index contributed by atoms with van der Waals surface area (Å²) in [6.45, 7) is 27.3. The Morgan fingerprint density at radius 1 is 1.04 bits per heavy atom. The molecular formula is C26H42. The van der Waals surface area contributed by atoms with Gasteiger partial charge < -0.3 is 0 Å². The van der Waals surface area contributed by atoms with E-state index < -0.39 is 0 Å². The molecule has 0 aromatic heterocycles. The van der Waals surface area contributed by atoms with E-state index in [0.29, 0.717) is 0 Å². The first-order chi connectivity index (χ1) is 12.5. The quantitative estimate of drug-likeness (QED) is 0.478. The Labute approximate surface area is 164 Å². The van der Waals surface area contributed by atoms with Crippen molar-refractivity contribution in [2.24, 2.45) is 11.8 Å². The van der Waals surface area contributed by atoms with Crippen LogP contribution in [0.2, 0.25) is 0 Å². The van der Waals surface area contributed by atoms with Crippen LogP contribution < -0.4 is 0 Å². The summed E-state index contributed by atoms with van der Waals surface area (Å²) < 4.78 is 0. The third-order valence-corrected chi connectivity index (χ3v) is 5.03. The van der Waals surface area contributed by atoms with Crippen LogP contribution in [0, 0.1) is 18.8 Å². The Balaban J connectivity index is 0.000000948. The Morgan fingerprint density at radius 3 is 2.04 bits per heavy atom. The minimum Gasteiger partial charge on any atom is -0.106 e. The van der Waals surface area contributed by atoms with Gasteiger partial charge in [-0.05, 0) is 86.1 Å². The lowest BCUT2D eigenvalue weighted by molar-refractivity contribution is 0.627. The minimum absolute atomic E-state index is 0.797. The molecule has 0 aliphatic heterocycles. The summed E-state index contributed by atoms with van der Waals surface area (Å²) >= 11 is 0. The van der Waals surface area contributed by atoms with Gasteiger partial charge in [-0.15, -0.1) is 13.2 Å². The highest BCUT2D eigenvalue weighted by molar-refractivity contribution is 5.76. The standard InChI is InChI=1S/C20H26.2C2H6.C2H4/c1-12(2)18-11-17-8-13(3)9-19(17)15(5)20(18)10-14(4)16-6-7-16;3*1-2/h10-11,13,16H,1,6-9H2,2-5H3;2*1-2H3;1-2H2/b14-10+;;;. The van der Waals surface area contributed by atoms with Crippen LogP contribution in [0.5, 0.6) is 0 Å². The molecule has 2 aliphatic carbocycles. The number of allylic oxidation sites excluding steroid dienone is 2. The highest BCUT2D eigenvalue weighted by atomic mass is 14.3. The zero-order valence-corrected chi connectivity index (χ0v) is 18.8. The van der Waals surface area contributed by atoms with Crippen molar-refractivity contribution in [3.05, 3.63) is 59.2 Å². The molecule has 1 fully saturated rings. The topological polar surface area (TPSA) is 0 Å². The Hall–Kier alpha value is -1.56. The number of hydrogen-bond donors (Lipinski definition) is 0. The molecule has 0 heterocycles. The van der Waals surface area contributed by atoms with E-state index in [9.17, 15) is 0 Å². The molecular weight excluding hydrogens is 312 g/mol. The summed E-state index contributed by atoms with van der Waals surface area (Å²) in [5.41, 5.74) is 10.2. The highest BCUT2D eigenvalue weighted by Gasteiger charge is 2.25. The lowest BCUT2D eigenvalue weighted by Crippen LogP contribution is -1.98. The molecule has 0 N–H and O–H groups in total. The van der Waals surface area contributed by atoms with Gasteiger partial charge in [0.25, 0.3) is 0 Å². The average Bonchev–Trinajstić information content (AvgIpc) is 3.44. The van der Waals surface area contributed by atoms with E-state index in [1.54, 1.807) is 16.7 Å². The van der Waals surface area contributed by atoms with Gasteiger partial charge in [-0.1, -0.05) is 64.5 Å². The van der Waals surface area contributed by atoms with Gasteiger partial charge in [0.1, 0.15) is 0 Å². The van der Waals surface area contributed by atoms with Crippen molar-refractivity contribution in [1.82, 2.24) is 0 Å². The van der Waals surface area contributed by atoms with E-state index >= 15 is 0 Å². The molecule has 2 aliphatic rings. The smallest absolute Gasteiger partial charge is 0.0150 e. The molecule has 0 amide bonds. The molecule has 1 aromatic rings. The van der Waals surface area contributed by atoms with E-state index in [4.69, 9.17) is 0 Å². The molecule has 0 saturated heterocycles. The maximum Gasteiger partial charge on any atom is -0.0150 e.